The fourth-order valence-electron chi connectivity index (χ4n) is 4.45. The number of thiocarbonyl (C=S) groups is 1. The zero-order valence-corrected chi connectivity index (χ0v) is 22.5. The number of benzene rings is 1. The van der Waals surface area contributed by atoms with Gasteiger partial charge in [0, 0.05) is 25.3 Å². The number of unbranched alkanes of at least 4 members (excludes halogenated alkanes) is 1. The van der Waals surface area contributed by atoms with Crippen LogP contribution in [0.25, 0.3) is 6.08 Å². The number of pyridine rings is 1. The van der Waals surface area contributed by atoms with Crippen LogP contribution in [0.15, 0.2) is 34.0 Å². The first kappa shape index (κ1) is 27.0. The van der Waals surface area contributed by atoms with E-state index in [0.29, 0.717) is 52.4 Å². The smallest absolute Gasteiger partial charge is 0.270 e. The van der Waals surface area contributed by atoms with Crippen LogP contribution in [0.1, 0.15) is 54.9 Å². The second kappa shape index (κ2) is 12.0. The van der Waals surface area contributed by atoms with Crippen molar-refractivity contribution in [3.05, 3.63) is 67.6 Å². The van der Waals surface area contributed by atoms with Gasteiger partial charge in [0.1, 0.15) is 27.6 Å². The fraction of sp³-hybridized carbons (Fsp3) is 0.407. The number of amides is 1. The Morgan fingerprint density at radius 3 is 2.73 bits per heavy atom. The van der Waals surface area contributed by atoms with Gasteiger partial charge >= 0.3 is 0 Å². The van der Waals surface area contributed by atoms with Crippen LogP contribution in [0.2, 0.25) is 0 Å². The number of ether oxygens (including phenoxy) is 1. The number of thioether (sulfide) groups is 1. The van der Waals surface area contributed by atoms with Gasteiger partial charge in [0.15, 0.2) is 0 Å². The van der Waals surface area contributed by atoms with E-state index < -0.39 is 0 Å². The minimum Gasteiger partial charge on any atom is -0.376 e. The summed E-state index contributed by atoms with van der Waals surface area (Å²) in [7, 11) is 0. The molecule has 0 bridgehead atoms. The Bertz CT molecular complexity index is 1330. The third-order valence-electron chi connectivity index (χ3n) is 6.54. The predicted octanol–water partition coefficient (Wildman–Crippen LogP) is 4.96. The number of carbonyl (C=O) groups is 1. The molecule has 1 amide bonds. The molecule has 4 rings (SSSR count). The van der Waals surface area contributed by atoms with E-state index in [2.05, 4.69) is 11.4 Å². The van der Waals surface area contributed by atoms with Crippen molar-refractivity contribution < 1.29 is 13.9 Å². The standard InChI is InChI=1S/C27H29FN4O3S2/c1-3-4-11-31-24(30-15-18-7-9-19(28)10-8-18)21(17(2)22(14-29)25(31)33)13-23-26(34)32(27(36)37-23)16-20-6-5-12-35-20/h7-10,13,20,30H,3-6,11-12,15-16H2,1-2H3/b23-13+. The lowest BCUT2D eigenvalue weighted by molar-refractivity contribution is -0.123. The molecule has 7 nitrogen and oxygen atoms in total. The van der Waals surface area contributed by atoms with Crippen molar-refractivity contribution in [3.63, 3.8) is 0 Å². The average molecular weight is 541 g/mol. The van der Waals surface area contributed by atoms with Crippen molar-refractivity contribution in [2.24, 2.45) is 0 Å². The van der Waals surface area contributed by atoms with Gasteiger partial charge in [-0.25, -0.2) is 4.39 Å². The van der Waals surface area contributed by atoms with E-state index in [-0.39, 0.29) is 29.0 Å². The predicted molar refractivity (Wildman–Crippen MR) is 148 cm³/mol. The van der Waals surface area contributed by atoms with Crippen LogP contribution < -0.4 is 10.9 Å². The van der Waals surface area contributed by atoms with Gasteiger partial charge in [-0.15, -0.1) is 0 Å². The van der Waals surface area contributed by atoms with E-state index in [0.717, 1.165) is 31.2 Å². The number of rotatable bonds is 9. The third-order valence-corrected chi connectivity index (χ3v) is 7.92. The highest BCUT2D eigenvalue weighted by Gasteiger charge is 2.35. The number of hydrogen-bond donors (Lipinski definition) is 1. The number of carbonyl (C=O) groups excluding carboxylic acids is 1. The second-order valence-electron chi connectivity index (χ2n) is 9.09. The Labute approximate surface area is 225 Å². The lowest BCUT2D eigenvalue weighted by atomic mass is 10.0. The largest absolute Gasteiger partial charge is 0.376 e. The summed E-state index contributed by atoms with van der Waals surface area (Å²) in [5.41, 5.74) is 1.58. The normalized spacial score (nSPS) is 18.6. The summed E-state index contributed by atoms with van der Waals surface area (Å²) in [6.45, 7) is 5.58. The van der Waals surface area contributed by atoms with Crippen molar-refractivity contribution in [1.29, 1.82) is 5.26 Å². The highest BCUT2D eigenvalue weighted by Crippen LogP contribution is 2.36. The molecule has 2 aliphatic rings. The molecular formula is C27H29FN4O3S2. The molecule has 3 heterocycles. The monoisotopic (exact) mass is 540 g/mol. The first-order chi connectivity index (χ1) is 17.8. The van der Waals surface area contributed by atoms with Crippen molar-refractivity contribution in [1.82, 2.24) is 9.47 Å². The molecule has 2 saturated heterocycles. The first-order valence-corrected chi connectivity index (χ1v) is 13.6. The summed E-state index contributed by atoms with van der Waals surface area (Å²) < 4.78 is 21.1. The fourth-order valence-corrected chi connectivity index (χ4v) is 5.71. The van der Waals surface area contributed by atoms with Gasteiger partial charge < -0.3 is 10.1 Å². The molecule has 2 aromatic rings. The Kier molecular flexibility index (Phi) is 8.79. The number of anilines is 1. The van der Waals surface area contributed by atoms with Gasteiger partial charge in [0.25, 0.3) is 11.5 Å². The highest BCUT2D eigenvalue weighted by molar-refractivity contribution is 8.26. The minimum absolute atomic E-state index is 0.0299. The van der Waals surface area contributed by atoms with Crippen molar-refractivity contribution in [2.75, 3.05) is 18.5 Å². The van der Waals surface area contributed by atoms with Crippen LogP contribution in [0.4, 0.5) is 10.2 Å². The molecule has 10 heteroatoms. The lowest BCUT2D eigenvalue weighted by Gasteiger charge is -2.20. The molecule has 2 fully saturated rings. The molecule has 194 valence electrons. The second-order valence-corrected chi connectivity index (χ2v) is 10.8. The van der Waals surface area contributed by atoms with Gasteiger partial charge in [-0.05, 0) is 55.5 Å². The van der Waals surface area contributed by atoms with Crippen molar-refractivity contribution >= 4 is 46.1 Å². The zero-order chi connectivity index (χ0) is 26.5. The van der Waals surface area contributed by atoms with Gasteiger partial charge in [-0.2, -0.15) is 5.26 Å². The van der Waals surface area contributed by atoms with Gasteiger partial charge in [-0.3, -0.25) is 19.1 Å². The summed E-state index contributed by atoms with van der Waals surface area (Å²) in [5.74, 6) is -0.0218. The topological polar surface area (TPSA) is 87.4 Å². The van der Waals surface area contributed by atoms with E-state index >= 15 is 0 Å². The van der Waals surface area contributed by atoms with Gasteiger partial charge in [0.05, 0.1) is 17.6 Å². The van der Waals surface area contributed by atoms with Crippen molar-refractivity contribution in [3.8, 4) is 6.07 Å². The Hall–Kier alpha value is -3.00. The van der Waals surface area contributed by atoms with E-state index in [4.69, 9.17) is 17.0 Å². The van der Waals surface area contributed by atoms with Crippen LogP contribution >= 0.6 is 24.0 Å². The third kappa shape index (κ3) is 5.95. The van der Waals surface area contributed by atoms with Gasteiger partial charge in [-0.1, -0.05) is 49.5 Å². The highest BCUT2D eigenvalue weighted by atomic mass is 32.2. The molecule has 1 unspecified atom stereocenters. The maximum absolute atomic E-state index is 13.4. The van der Waals surface area contributed by atoms with Crippen molar-refractivity contribution in [2.45, 2.75) is 58.7 Å². The molecule has 1 atom stereocenters. The van der Waals surface area contributed by atoms with Crippen LogP contribution in [0.5, 0.6) is 0 Å². The molecule has 1 N–H and O–H groups in total. The molecule has 1 aromatic carbocycles. The molecule has 0 radical (unpaired) electrons. The first-order valence-electron chi connectivity index (χ1n) is 12.4. The summed E-state index contributed by atoms with van der Waals surface area (Å²) in [4.78, 5) is 28.6. The van der Waals surface area contributed by atoms with Crippen LogP contribution in [-0.2, 0) is 22.6 Å². The Morgan fingerprint density at radius 2 is 2.08 bits per heavy atom. The molecule has 1 aromatic heterocycles. The number of aromatic nitrogens is 1. The number of nitrogens with one attached hydrogen (secondary N) is 1. The Morgan fingerprint density at radius 1 is 1.32 bits per heavy atom. The SMILES string of the molecule is CCCCn1c(NCc2ccc(F)cc2)c(/C=C2/SC(=S)N(CC3CCCO3)C2=O)c(C)c(C#N)c1=O. The molecular weight excluding hydrogens is 511 g/mol. The van der Waals surface area contributed by atoms with E-state index in [1.54, 1.807) is 34.6 Å². The molecule has 0 saturated carbocycles. The number of nitrogens with zero attached hydrogens (tertiary/aromatic N) is 3. The summed E-state index contributed by atoms with van der Waals surface area (Å²) in [6.07, 6.45) is 5.14. The summed E-state index contributed by atoms with van der Waals surface area (Å²) in [6, 6.07) is 8.15. The van der Waals surface area contributed by atoms with Crippen LogP contribution in [-0.4, -0.2) is 39.0 Å². The lowest BCUT2D eigenvalue weighted by Crippen LogP contribution is -2.35. The molecule has 0 spiro atoms. The average Bonchev–Trinajstić information content (AvgIpc) is 3.49. The van der Waals surface area contributed by atoms with Crippen LogP contribution in [0.3, 0.4) is 0 Å². The molecule has 0 aliphatic carbocycles. The summed E-state index contributed by atoms with van der Waals surface area (Å²) >= 11 is 6.72. The van der Waals surface area contributed by atoms with Crippen LogP contribution in [0, 0.1) is 24.1 Å². The zero-order valence-electron chi connectivity index (χ0n) is 20.9. The summed E-state index contributed by atoms with van der Waals surface area (Å²) in [5, 5.41) is 13.1. The number of hydrogen-bond acceptors (Lipinski definition) is 7. The molecule has 2 aliphatic heterocycles. The number of halogens is 1. The van der Waals surface area contributed by atoms with E-state index in [9.17, 15) is 19.2 Å². The maximum Gasteiger partial charge on any atom is 0.270 e. The van der Waals surface area contributed by atoms with E-state index in [1.165, 1.54) is 23.9 Å². The van der Waals surface area contributed by atoms with Gasteiger partial charge in [0.2, 0.25) is 0 Å². The quantitative estimate of drug-likeness (QED) is 0.355. The minimum atomic E-state index is -0.377. The van der Waals surface area contributed by atoms with E-state index in [1.807, 2.05) is 6.92 Å². The molecule has 37 heavy (non-hydrogen) atoms. The number of nitriles is 1. The maximum atomic E-state index is 13.4. The Balaban J connectivity index is 1.76.